The van der Waals surface area contributed by atoms with Crippen molar-refractivity contribution in [2.45, 2.75) is 25.3 Å². The highest BCUT2D eigenvalue weighted by Gasteiger charge is 2.44. The number of rotatable bonds is 4. The molecule has 1 aliphatic heterocycles. The van der Waals surface area contributed by atoms with Crippen LogP contribution >= 0.6 is 43.5 Å². The van der Waals surface area contributed by atoms with Crippen LogP contribution in [0.15, 0.2) is 86.3 Å². The van der Waals surface area contributed by atoms with Crippen molar-refractivity contribution in [3.05, 3.63) is 113 Å². The second-order valence-corrected chi connectivity index (χ2v) is 11.0. The Morgan fingerprint density at radius 1 is 1.06 bits per heavy atom. The number of benzene rings is 3. The van der Waals surface area contributed by atoms with Gasteiger partial charge < -0.3 is 0 Å². The Hall–Kier alpha value is -2.81. The second-order valence-electron chi connectivity index (χ2n) is 8.77. The Morgan fingerprint density at radius 3 is 2.39 bits per heavy atom. The van der Waals surface area contributed by atoms with Gasteiger partial charge in [-0.3, -0.25) is 14.9 Å². The summed E-state index contributed by atoms with van der Waals surface area (Å²) in [6.45, 7) is 0. The fraction of sp³-hybridized carbons (Fsp3) is 0.185. The van der Waals surface area contributed by atoms with Crippen LogP contribution in [-0.4, -0.2) is 21.6 Å². The number of hydrogen-bond donors (Lipinski definition) is 0. The molecule has 36 heavy (non-hydrogen) atoms. The van der Waals surface area contributed by atoms with E-state index in [9.17, 15) is 14.9 Å². The number of halogens is 3. The Kier molecular flexibility index (Phi) is 7.10. The largest absolute Gasteiger partial charge is 0.288 e. The maximum atomic E-state index is 13.7. The van der Waals surface area contributed by atoms with E-state index in [1.807, 2.05) is 48.5 Å². The van der Waals surface area contributed by atoms with Crippen molar-refractivity contribution in [2.75, 3.05) is 0 Å². The zero-order valence-electron chi connectivity index (χ0n) is 18.9. The van der Waals surface area contributed by atoms with E-state index in [-0.39, 0.29) is 28.2 Å². The highest BCUT2D eigenvalue weighted by atomic mass is 79.9. The molecular formula is C27H20Br2ClN3O3. The van der Waals surface area contributed by atoms with E-state index in [1.54, 1.807) is 0 Å². The van der Waals surface area contributed by atoms with Crippen molar-refractivity contribution in [1.82, 2.24) is 5.01 Å². The Morgan fingerprint density at radius 2 is 1.72 bits per heavy atom. The van der Waals surface area contributed by atoms with Crippen LogP contribution in [0.2, 0.25) is 5.02 Å². The highest BCUT2D eigenvalue weighted by Crippen LogP contribution is 2.45. The van der Waals surface area contributed by atoms with Crippen LogP contribution in [-0.2, 0) is 0 Å². The maximum absolute atomic E-state index is 13.7. The van der Waals surface area contributed by atoms with Crippen LogP contribution in [0.4, 0.5) is 5.69 Å². The third-order valence-corrected chi connectivity index (χ3v) is 7.90. The molecule has 0 saturated heterocycles. The van der Waals surface area contributed by atoms with E-state index in [0.29, 0.717) is 0 Å². The first kappa shape index (κ1) is 24.9. The summed E-state index contributed by atoms with van der Waals surface area (Å²) in [7, 11) is 0. The van der Waals surface area contributed by atoms with Crippen LogP contribution in [0.1, 0.15) is 46.8 Å². The quantitative estimate of drug-likeness (QED) is 0.216. The van der Waals surface area contributed by atoms with Gasteiger partial charge in [0.15, 0.2) is 0 Å². The van der Waals surface area contributed by atoms with Gasteiger partial charge in [-0.05, 0) is 78.4 Å². The molecule has 6 nitrogen and oxygen atoms in total. The summed E-state index contributed by atoms with van der Waals surface area (Å²) < 4.78 is 1.95. The third-order valence-electron chi connectivity index (χ3n) is 6.52. The van der Waals surface area contributed by atoms with Gasteiger partial charge in [-0.2, -0.15) is 5.10 Å². The molecule has 0 unspecified atom stereocenters. The van der Waals surface area contributed by atoms with Crippen LogP contribution in [0.25, 0.3) is 6.08 Å². The molecule has 1 fully saturated rings. The average Bonchev–Trinajstić information content (AvgIpc) is 3.26. The number of carbonyl (C=O) groups is 1. The summed E-state index contributed by atoms with van der Waals surface area (Å²) in [5, 5.41) is 17.8. The van der Waals surface area contributed by atoms with Gasteiger partial charge in [0.1, 0.15) is 5.02 Å². The molecule has 2 atom stereocenters. The van der Waals surface area contributed by atoms with Crippen molar-refractivity contribution in [2.24, 2.45) is 11.0 Å². The first-order valence-electron chi connectivity index (χ1n) is 11.4. The molecular weight excluding hydrogens is 610 g/mol. The molecule has 3 aromatic rings. The van der Waals surface area contributed by atoms with Crippen LogP contribution in [0.3, 0.4) is 0 Å². The van der Waals surface area contributed by atoms with Crippen molar-refractivity contribution < 1.29 is 9.72 Å². The van der Waals surface area contributed by atoms with E-state index in [0.717, 1.165) is 50.6 Å². The lowest BCUT2D eigenvalue weighted by Crippen LogP contribution is -2.32. The molecule has 0 bridgehead atoms. The zero-order chi connectivity index (χ0) is 25.4. The van der Waals surface area contributed by atoms with Crippen LogP contribution < -0.4 is 0 Å². The van der Waals surface area contributed by atoms with Crippen LogP contribution in [0, 0.1) is 16.0 Å². The number of nitrogens with zero attached hydrogens (tertiary/aromatic N) is 3. The predicted octanol–water partition coefficient (Wildman–Crippen LogP) is 8.21. The van der Waals surface area contributed by atoms with Crippen molar-refractivity contribution in [1.29, 1.82) is 0 Å². The molecule has 2 aliphatic rings. The number of carbonyl (C=O) groups excluding carboxylic acids is 1. The molecule has 5 rings (SSSR count). The summed E-state index contributed by atoms with van der Waals surface area (Å²) in [6, 6.07) is 19.8. The monoisotopic (exact) mass is 627 g/mol. The molecule has 0 aromatic heterocycles. The number of amides is 1. The summed E-state index contributed by atoms with van der Waals surface area (Å²) in [4.78, 5) is 24.6. The zero-order valence-corrected chi connectivity index (χ0v) is 22.8. The summed E-state index contributed by atoms with van der Waals surface area (Å²) in [6.07, 6.45) is 4.87. The molecule has 1 amide bonds. The third kappa shape index (κ3) is 4.90. The number of hydrogen-bond acceptors (Lipinski definition) is 4. The van der Waals surface area contributed by atoms with Crippen molar-refractivity contribution >= 4 is 66.8 Å². The highest BCUT2D eigenvalue weighted by molar-refractivity contribution is 9.10. The second kappa shape index (κ2) is 10.3. The topological polar surface area (TPSA) is 75.8 Å². The normalized spacial score (nSPS) is 20.2. The van der Waals surface area contributed by atoms with Gasteiger partial charge >= 0.3 is 0 Å². The molecule has 9 heteroatoms. The number of fused-ring (bicyclic) bond motifs is 1. The average molecular weight is 630 g/mol. The Balaban J connectivity index is 1.59. The van der Waals surface area contributed by atoms with Gasteiger partial charge in [-0.1, -0.05) is 67.7 Å². The maximum Gasteiger partial charge on any atom is 0.288 e. The first-order chi connectivity index (χ1) is 17.3. The fourth-order valence-corrected chi connectivity index (χ4v) is 5.55. The van der Waals surface area contributed by atoms with E-state index in [4.69, 9.17) is 16.7 Å². The molecule has 0 N–H and O–H groups in total. The smallest absolute Gasteiger partial charge is 0.267 e. The van der Waals surface area contributed by atoms with E-state index in [2.05, 4.69) is 37.9 Å². The number of nitro groups is 1. The van der Waals surface area contributed by atoms with Gasteiger partial charge in [-0.25, -0.2) is 5.01 Å². The van der Waals surface area contributed by atoms with E-state index >= 15 is 0 Å². The predicted molar refractivity (Wildman–Crippen MR) is 148 cm³/mol. The minimum absolute atomic E-state index is 0.0119. The minimum atomic E-state index is -0.583. The molecule has 0 spiro atoms. The lowest BCUT2D eigenvalue weighted by atomic mass is 9.77. The molecule has 0 radical (unpaired) electrons. The SMILES string of the molecule is O=C(c1ccc(Cl)c([N+](=O)[O-])c1)N1N=C2/C(=C\c3ccc(Br)cc3)CCC[C@H]2[C@@H]1c1ccc(Br)cc1. The van der Waals surface area contributed by atoms with Gasteiger partial charge in [0.25, 0.3) is 11.6 Å². The summed E-state index contributed by atoms with van der Waals surface area (Å²) in [5.41, 5.74) is 3.90. The van der Waals surface area contributed by atoms with E-state index in [1.165, 1.54) is 23.2 Å². The summed E-state index contributed by atoms with van der Waals surface area (Å²) in [5.74, 6) is -0.375. The Bertz CT molecular complexity index is 1400. The van der Waals surface area contributed by atoms with Gasteiger partial charge in [-0.15, -0.1) is 0 Å². The number of hydrazone groups is 1. The number of nitro benzene ring substituents is 1. The fourth-order valence-electron chi connectivity index (χ4n) is 4.84. The number of allylic oxidation sites excluding steroid dienone is 1. The van der Waals surface area contributed by atoms with Crippen molar-refractivity contribution in [3.63, 3.8) is 0 Å². The molecule has 1 aliphatic carbocycles. The molecule has 1 heterocycles. The van der Waals surface area contributed by atoms with Crippen LogP contribution in [0.5, 0.6) is 0 Å². The molecule has 3 aromatic carbocycles. The lowest BCUT2D eigenvalue weighted by Gasteiger charge is -2.29. The van der Waals surface area contributed by atoms with E-state index < -0.39 is 10.8 Å². The lowest BCUT2D eigenvalue weighted by molar-refractivity contribution is -0.384. The first-order valence-corrected chi connectivity index (χ1v) is 13.4. The van der Waals surface area contributed by atoms with Gasteiger partial charge in [0, 0.05) is 26.5 Å². The minimum Gasteiger partial charge on any atom is -0.267 e. The standard InChI is InChI=1S/C27H20Br2ClN3O3/c28-20-9-4-16(5-10-20)14-18-2-1-3-22-25(18)31-32(26(22)17-6-11-21(29)12-7-17)27(34)19-8-13-23(30)24(15-19)33(35)36/h4-15,22,26H,1-3H2/b18-14-/t22-,26+/m1/s1. The van der Waals surface area contributed by atoms with Gasteiger partial charge in [0.05, 0.1) is 16.7 Å². The molecule has 182 valence electrons. The van der Waals surface area contributed by atoms with Crippen molar-refractivity contribution in [3.8, 4) is 0 Å². The Labute approximate surface area is 230 Å². The summed E-state index contributed by atoms with van der Waals surface area (Å²) >= 11 is 13.0. The molecule has 1 saturated carbocycles. The van der Waals surface area contributed by atoms with Gasteiger partial charge in [0.2, 0.25) is 0 Å².